The number of nitrogens with zero attached hydrogens (tertiary/aromatic N) is 1. The molecule has 0 aliphatic carbocycles. The van der Waals surface area contributed by atoms with E-state index in [1.807, 2.05) is 11.3 Å². The van der Waals surface area contributed by atoms with Gasteiger partial charge in [0.1, 0.15) is 5.01 Å². The second-order valence-corrected chi connectivity index (χ2v) is 6.83. The SMILES string of the molecule is CCCC1(c2nc3cc(C)ccc3s2)CCCNC1. The standard InChI is InChI=1S/C16H22N2S/c1-3-7-16(8-4-9-17-11-16)15-18-13-10-12(2)5-6-14(13)19-15/h5-6,10,17H,3-4,7-9,11H2,1-2H3. The number of nitrogens with one attached hydrogen (secondary N) is 1. The molecule has 1 aliphatic rings. The van der Waals surface area contributed by atoms with Gasteiger partial charge in [0.05, 0.1) is 10.2 Å². The number of thiazole rings is 1. The van der Waals surface area contributed by atoms with E-state index < -0.39 is 0 Å². The summed E-state index contributed by atoms with van der Waals surface area (Å²) in [6.45, 7) is 6.69. The molecule has 3 rings (SSSR count). The zero-order valence-electron chi connectivity index (χ0n) is 11.8. The smallest absolute Gasteiger partial charge is 0.101 e. The fraction of sp³-hybridized carbons (Fsp3) is 0.562. The monoisotopic (exact) mass is 274 g/mol. The molecular weight excluding hydrogens is 252 g/mol. The third-order valence-corrected chi connectivity index (χ3v) is 5.48. The summed E-state index contributed by atoms with van der Waals surface area (Å²) in [5, 5.41) is 4.93. The summed E-state index contributed by atoms with van der Waals surface area (Å²) in [4.78, 5) is 4.97. The first kappa shape index (κ1) is 13.1. The maximum Gasteiger partial charge on any atom is 0.101 e. The molecule has 0 spiro atoms. The van der Waals surface area contributed by atoms with E-state index in [-0.39, 0.29) is 5.41 Å². The van der Waals surface area contributed by atoms with Crippen LogP contribution in [-0.2, 0) is 5.41 Å². The Kier molecular flexibility index (Phi) is 3.59. The summed E-state index contributed by atoms with van der Waals surface area (Å²) in [6.07, 6.45) is 5.04. The van der Waals surface area contributed by atoms with Crippen molar-refractivity contribution in [2.45, 2.75) is 44.9 Å². The maximum absolute atomic E-state index is 4.97. The maximum atomic E-state index is 4.97. The van der Waals surface area contributed by atoms with Gasteiger partial charge in [-0.15, -0.1) is 11.3 Å². The molecule has 102 valence electrons. The number of aryl methyl sites for hydroxylation is 1. The molecule has 19 heavy (non-hydrogen) atoms. The molecule has 2 nitrogen and oxygen atoms in total. The highest BCUT2D eigenvalue weighted by molar-refractivity contribution is 7.18. The lowest BCUT2D eigenvalue weighted by Crippen LogP contribution is -2.43. The van der Waals surface area contributed by atoms with Gasteiger partial charge in [-0.2, -0.15) is 0 Å². The van der Waals surface area contributed by atoms with Crippen LogP contribution >= 0.6 is 11.3 Å². The second kappa shape index (κ2) is 5.22. The zero-order chi connectivity index (χ0) is 13.3. The Bertz CT molecular complexity index is 562. The van der Waals surface area contributed by atoms with Crippen molar-refractivity contribution in [1.29, 1.82) is 0 Å². The first-order valence-corrected chi connectivity index (χ1v) is 8.13. The van der Waals surface area contributed by atoms with Crippen LogP contribution in [0.25, 0.3) is 10.2 Å². The van der Waals surface area contributed by atoms with E-state index in [9.17, 15) is 0 Å². The summed E-state index contributed by atoms with van der Waals surface area (Å²) in [5.41, 5.74) is 2.77. The number of piperidine rings is 1. The minimum atomic E-state index is 0.282. The first-order valence-electron chi connectivity index (χ1n) is 7.32. The highest BCUT2D eigenvalue weighted by Crippen LogP contribution is 2.39. The third-order valence-electron chi connectivity index (χ3n) is 4.20. The van der Waals surface area contributed by atoms with Crippen LogP contribution in [0, 0.1) is 6.92 Å². The highest BCUT2D eigenvalue weighted by atomic mass is 32.1. The minimum Gasteiger partial charge on any atom is -0.316 e. The van der Waals surface area contributed by atoms with Crippen molar-refractivity contribution in [2.24, 2.45) is 0 Å². The van der Waals surface area contributed by atoms with Gasteiger partial charge in [-0.3, -0.25) is 0 Å². The lowest BCUT2D eigenvalue weighted by Gasteiger charge is -2.35. The molecule has 1 fully saturated rings. The van der Waals surface area contributed by atoms with Crippen molar-refractivity contribution >= 4 is 21.6 Å². The molecule has 1 atom stereocenters. The van der Waals surface area contributed by atoms with Crippen LogP contribution in [0.15, 0.2) is 18.2 Å². The van der Waals surface area contributed by atoms with Crippen LogP contribution in [0.3, 0.4) is 0 Å². The number of rotatable bonds is 3. The molecule has 2 aromatic rings. The van der Waals surface area contributed by atoms with Gasteiger partial charge in [-0.05, 0) is 50.4 Å². The molecule has 1 aromatic carbocycles. The number of fused-ring (bicyclic) bond motifs is 1. The largest absolute Gasteiger partial charge is 0.316 e. The molecule has 0 saturated carbocycles. The van der Waals surface area contributed by atoms with Crippen molar-refractivity contribution in [1.82, 2.24) is 10.3 Å². The van der Waals surface area contributed by atoms with E-state index in [1.165, 1.54) is 46.5 Å². The molecule has 1 aliphatic heterocycles. The number of aromatic nitrogens is 1. The van der Waals surface area contributed by atoms with Gasteiger partial charge in [-0.25, -0.2) is 4.98 Å². The van der Waals surface area contributed by atoms with Crippen molar-refractivity contribution in [3.8, 4) is 0 Å². The van der Waals surface area contributed by atoms with Gasteiger partial charge in [0.25, 0.3) is 0 Å². The van der Waals surface area contributed by atoms with Crippen molar-refractivity contribution < 1.29 is 0 Å². The second-order valence-electron chi connectivity index (χ2n) is 5.80. The Morgan fingerprint density at radius 3 is 3.05 bits per heavy atom. The highest BCUT2D eigenvalue weighted by Gasteiger charge is 2.35. The molecule has 1 unspecified atom stereocenters. The molecule has 1 aromatic heterocycles. The van der Waals surface area contributed by atoms with E-state index in [2.05, 4.69) is 37.4 Å². The van der Waals surface area contributed by atoms with Gasteiger partial charge < -0.3 is 5.32 Å². The lowest BCUT2D eigenvalue weighted by atomic mass is 9.77. The van der Waals surface area contributed by atoms with E-state index in [4.69, 9.17) is 4.98 Å². The quantitative estimate of drug-likeness (QED) is 0.914. The third kappa shape index (κ3) is 2.41. The fourth-order valence-electron chi connectivity index (χ4n) is 3.21. The Morgan fingerprint density at radius 1 is 1.42 bits per heavy atom. The Balaban J connectivity index is 2.04. The molecule has 0 radical (unpaired) electrons. The predicted octanol–water partition coefficient (Wildman–Crippen LogP) is 4.03. The van der Waals surface area contributed by atoms with Crippen molar-refractivity contribution in [3.63, 3.8) is 0 Å². The van der Waals surface area contributed by atoms with Crippen LogP contribution in [0.5, 0.6) is 0 Å². The van der Waals surface area contributed by atoms with Crippen LogP contribution in [0.1, 0.15) is 43.2 Å². The van der Waals surface area contributed by atoms with Crippen LogP contribution in [0.2, 0.25) is 0 Å². The van der Waals surface area contributed by atoms with Crippen molar-refractivity contribution in [3.05, 3.63) is 28.8 Å². The van der Waals surface area contributed by atoms with Gasteiger partial charge in [0.2, 0.25) is 0 Å². The number of benzene rings is 1. The molecule has 3 heteroatoms. The lowest BCUT2D eigenvalue weighted by molar-refractivity contribution is 0.290. The predicted molar refractivity (Wildman–Crippen MR) is 83.0 cm³/mol. The summed E-state index contributed by atoms with van der Waals surface area (Å²) in [7, 11) is 0. The molecular formula is C16H22N2S. The van der Waals surface area contributed by atoms with Crippen LogP contribution in [-0.4, -0.2) is 18.1 Å². The zero-order valence-corrected chi connectivity index (χ0v) is 12.6. The summed E-state index contributed by atoms with van der Waals surface area (Å²) < 4.78 is 1.33. The van der Waals surface area contributed by atoms with Gasteiger partial charge >= 0.3 is 0 Å². The normalized spacial score (nSPS) is 23.9. The van der Waals surface area contributed by atoms with Gasteiger partial charge in [0.15, 0.2) is 0 Å². The van der Waals surface area contributed by atoms with Gasteiger partial charge in [0, 0.05) is 12.0 Å². The minimum absolute atomic E-state index is 0.282. The average Bonchev–Trinajstić information content (AvgIpc) is 2.83. The summed E-state index contributed by atoms with van der Waals surface area (Å²) >= 11 is 1.90. The molecule has 2 heterocycles. The summed E-state index contributed by atoms with van der Waals surface area (Å²) in [5.74, 6) is 0. The molecule has 1 N–H and O–H groups in total. The van der Waals surface area contributed by atoms with Crippen LogP contribution in [0.4, 0.5) is 0 Å². The first-order chi connectivity index (χ1) is 9.23. The van der Waals surface area contributed by atoms with E-state index in [0.717, 1.165) is 13.1 Å². The number of hydrogen-bond donors (Lipinski definition) is 1. The van der Waals surface area contributed by atoms with E-state index in [0.29, 0.717) is 0 Å². The van der Waals surface area contributed by atoms with Crippen LogP contribution < -0.4 is 5.32 Å². The van der Waals surface area contributed by atoms with E-state index >= 15 is 0 Å². The van der Waals surface area contributed by atoms with E-state index in [1.54, 1.807) is 0 Å². The number of hydrogen-bond acceptors (Lipinski definition) is 3. The Hall–Kier alpha value is -0.930. The van der Waals surface area contributed by atoms with Crippen molar-refractivity contribution in [2.75, 3.05) is 13.1 Å². The molecule has 0 amide bonds. The molecule has 0 bridgehead atoms. The topological polar surface area (TPSA) is 24.9 Å². The Labute approximate surface area is 119 Å². The van der Waals surface area contributed by atoms with Gasteiger partial charge in [-0.1, -0.05) is 19.4 Å². The Morgan fingerprint density at radius 2 is 2.32 bits per heavy atom. The molecule has 1 saturated heterocycles. The average molecular weight is 274 g/mol. The fourth-order valence-corrected chi connectivity index (χ4v) is 4.40. The summed E-state index contributed by atoms with van der Waals surface area (Å²) in [6, 6.07) is 6.63.